The lowest BCUT2D eigenvalue weighted by Crippen LogP contribution is -2.04. The molecule has 0 amide bonds. The molecule has 0 aliphatic carbocycles. The molecule has 3 rings (SSSR count). The molecule has 0 unspecified atom stereocenters. The van der Waals surface area contributed by atoms with E-state index < -0.39 is 0 Å². The summed E-state index contributed by atoms with van der Waals surface area (Å²) < 4.78 is 10.3. The highest BCUT2D eigenvalue weighted by Crippen LogP contribution is 2.35. The number of fused-ring (bicyclic) bond motifs is 1. The predicted octanol–water partition coefficient (Wildman–Crippen LogP) is 1.69. The van der Waals surface area contributed by atoms with Gasteiger partial charge in [0.2, 0.25) is 0 Å². The third kappa shape index (κ3) is 2.46. The number of hydrogen-bond donors (Lipinski definition) is 3. The average Bonchev–Trinajstić information content (AvgIpc) is 3.03. The molecule has 3 N–H and O–H groups in total. The van der Waals surface area contributed by atoms with Crippen molar-refractivity contribution in [3.8, 4) is 17.2 Å². The molecule has 0 aliphatic rings. The largest absolute Gasteiger partial charge is 0.504 e. The van der Waals surface area contributed by atoms with Crippen molar-refractivity contribution in [3.63, 3.8) is 0 Å². The van der Waals surface area contributed by atoms with Gasteiger partial charge in [-0.05, 0) is 6.07 Å². The highest BCUT2D eigenvalue weighted by Gasteiger charge is 2.12. The second kappa shape index (κ2) is 5.76. The predicted molar refractivity (Wildman–Crippen MR) is 80.2 cm³/mol. The van der Waals surface area contributed by atoms with E-state index >= 15 is 0 Å². The van der Waals surface area contributed by atoms with Crippen LogP contribution in [0.2, 0.25) is 0 Å². The maximum atomic E-state index is 10.2. The summed E-state index contributed by atoms with van der Waals surface area (Å²) in [5.74, 6) is 1.58. The summed E-state index contributed by atoms with van der Waals surface area (Å²) in [4.78, 5) is 15.3. The Morgan fingerprint density at radius 3 is 2.82 bits per heavy atom. The van der Waals surface area contributed by atoms with Gasteiger partial charge in [-0.25, -0.2) is 15.0 Å². The third-order valence-corrected chi connectivity index (χ3v) is 3.25. The van der Waals surface area contributed by atoms with Gasteiger partial charge in [0.05, 0.1) is 20.5 Å². The van der Waals surface area contributed by atoms with Gasteiger partial charge in [0.15, 0.2) is 23.0 Å². The van der Waals surface area contributed by atoms with E-state index in [-0.39, 0.29) is 5.75 Å². The molecule has 0 aliphatic heterocycles. The van der Waals surface area contributed by atoms with E-state index in [1.54, 1.807) is 25.6 Å². The van der Waals surface area contributed by atoms with Gasteiger partial charge in [-0.2, -0.15) is 0 Å². The summed E-state index contributed by atoms with van der Waals surface area (Å²) >= 11 is 0. The number of phenols is 1. The molecular weight excluding hydrogens is 286 g/mol. The molecule has 0 spiro atoms. The number of aromatic nitrogens is 4. The van der Waals surface area contributed by atoms with Gasteiger partial charge in [0, 0.05) is 18.2 Å². The smallest absolute Gasteiger partial charge is 0.164 e. The average molecular weight is 301 g/mol. The zero-order valence-electron chi connectivity index (χ0n) is 12.1. The molecule has 8 heteroatoms. The molecule has 8 nitrogen and oxygen atoms in total. The minimum Gasteiger partial charge on any atom is -0.504 e. The Bertz CT molecular complexity index is 802. The van der Waals surface area contributed by atoms with Gasteiger partial charge in [-0.3, -0.25) is 0 Å². The molecule has 0 saturated carbocycles. The molecule has 1 aromatic carbocycles. The Hall–Kier alpha value is -3.03. The fraction of sp³-hybridized carbons (Fsp3) is 0.214. The van der Waals surface area contributed by atoms with Crippen LogP contribution in [0, 0.1) is 0 Å². The van der Waals surface area contributed by atoms with E-state index in [0.717, 1.165) is 0 Å². The number of imidazole rings is 1. The highest BCUT2D eigenvalue weighted by molar-refractivity contribution is 5.81. The van der Waals surface area contributed by atoms with Gasteiger partial charge in [-0.15, -0.1) is 0 Å². The Kier molecular flexibility index (Phi) is 3.65. The summed E-state index contributed by atoms with van der Waals surface area (Å²) in [5, 5.41) is 13.3. The highest BCUT2D eigenvalue weighted by atomic mass is 16.5. The van der Waals surface area contributed by atoms with Crippen molar-refractivity contribution in [1.82, 2.24) is 19.9 Å². The Morgan fingerprint density at radius 2 is 2.05 bits per heavy atom. The van der Waals surface area contributed by atoms with Crippen LogP contribution in [-0.2, 0) is 6.54 Å². The van der Waals surface area contributed by atoms with Crippen molar-refractivity contribution in [2.45, 2.75) is 6.54 Å². The SMILES string of the molecule is COc1cc(CNc2ncnc3[nH]cnc23)c(O)c(OC)c1. The number of methoxy groups -OCH3 is 2. The number of aromatic amines is 1. The maximum Gasteiger partial charge on any atom is 0.164 e. The number of benzene rings is 1. The summed E-state index contributed by atoms with van der Waals surface area (Å²) in [5.41, 5.74) is 1.90. The van der Waals surface area contributed by atoms with E-state index in [2.05, 4.69) is 25.3 Å². The fourth-order valence-electron chi connectivity index (χ4n) is 2.12. The number of nitrogens with one attached hydrogen (secondary N) is 2. The Morgan fingerprint density at radius 1 is 1.18 bits per heavy atom. The van der Waals surface area contributed by atoms with Crippen molar-refractivity contribution in [2.24, 2.45) is 0 Å². The van der Waals surface area contributed by atoms with Gasteiger partial charge in [0.25, 0.3) is 0 Å². The van der Waals surface area contributed by atoms with Crippen LogP contribution in [0.25, 0.3) is 11.2 Å². The minimum atomic E-state index is 0.0585. The van der Waals surface area contributed by atoms with E-state index in [4.69, 9.17) is 9.47 Å². The number of rotatable bonds is 5. The first kappa shape index (κ1) is 13.9. The molecule has 0 radical (unpaired) electrons. The first-order valence-electron chi connectivity index (χ1n) is 6.54. The molecule has 22 heavy (non-hydrogen) atoms. The molecular formula is C14H15N5O3. The second-order valence-corrected chi connectivity index (χ2v) is 4.51. The van der Waals surface area contributed by atoms with Crippen LogP contribution in [-0.4, -0.2) is 39.3 Å². The topological polar surface area (TPSA) is 105 Å². The van der Waals surface area contributed by atoms with Crippen LogP contribution < -0.4 is 14.8 Å². The zero-order chi connectivity index (χ0) is 15.5. The Labute approximate surface area is 126 Å². The van der Waals surface area contributed by atoms with Crippen molar-refractivity contribution >= 4 is 17.0 Å². The van der Waals surface area contributed by atoms with Gasteiger partial charge in [0.1, 0.15) is 17.6 Å². The number of phenolic OH excluding ortho intramolecular Hbond substituents is 1. The van der Waals surface area contributed by atoms with Gasteiger partial charge in [-0.1, -0.05) is 0 Å². The summed E-state index contributed by atoms with van der Waals surface area (Å²) in [6.45, 7) is 0.332. The number of anilines is 1. The molecule has 0 atom stereocenters. The molecule has 0 bridgehead atoms. The van der Waals surface area contributed by atoms with Gasteiger partial charge >= 0.3 is 0 Å². The summed E-state index contributed by atoms with van der Waals surface area (Å²) in [6.07, 6.45) is 2.99. The van der Waals surface area contributed by atoms with E-state index in [1.165, 1.54) is 13.4 Å². The first-order valence-corrected chi connectivity index (χ1v) is 6.54. The molecule has 2 heterocycles. The van der Waals surface area contributed by atoms with Crippen LogP contribution in [0.15, 0.2) is 24.8 Å². The maximum absolute atomic E-state index is 10.2. The number of aromatic hydroxyl groups is 1. The lowest BCUT2D eigenvalue weighted by atomic mass is 10.1. The second-order valence-electron chi connectivity index (χ2n) is 4.51. The number of ether oxygens (including phenoxy) is 2. The standard InChI is InChI=1S/C14H15N5O3/c1-21-9-3-8(12(20)10(4-9)22-2)5-15-13-11-14(17-6-16-11)19-7-18-13/h3-4,6-7,20H,5H2,1-2H3,(H2,15,16,17,18,19). The van der Waals surface area contributed by atoms with Crippen LogP contribution in [0.1, 0.15) is 5.56 Å². The van der Waals surface area contributed by atoms with E-state index in [0.29, 0.717) is 40.6 Å². The van der Waals surface area contributed by atoms with Crippen LogP contribution in [0.5, 0.6) is 17.2 Å². The molecule has 0 fully saturated rings. The minimum absolute atomic E-state index is 0.0585. The quantitative estimate of drug-likeness (QED) is 0.658. The number of hydrogen-bond acceptors (Lipinski definition) is 7. The number of nitrogens with zero attached hydrogens (tertiary/aromatic N) is 3. The normalized spacial score (nSPS) is 10.6. The van der Waals surface area contributed by atoms with Crippen molar-refractivity contribution < 1.29 is 14.6 Å². The Balaban J connectivity index is 1.89. The van der Waals surface area contributed by atoms with E-state index in [9.17, 15) is 5.11 Å². The molecule has 3 aromatic rings. The lowest BCUT2D eigenvalue weighted by molar-refractivity contribution is 0.361. The van der Waals surface area contributed by atoms with E-state index in [1.807, 2.05) is 0 Å². The molecule has 114 valence electrons. The molecule has 2 aromatic heterocycles. The van der Waals surface area contributed by atoms with Gasteiger partial charge < -0.3 is 24.9 Å². The van der Waals surface area contributed by atoms with Crippen LogP contribution in [0.3, 0.4) is 0 Å². The van der Waals surface area contributed by atoms with Crippen LogP contribution in [0.4, 0.5) is 5.82 Å². The number of H-pyrrole nitrogens is 1. The molecule has 0 saturated heterocycles. The summed E-state index contributed by atoms with van der Waals surface area (Å²) in [7, 11) is 3.05. The first-order chi connectivity index (χ1) is 10.7. The van der Waals surface area contributed by atoms with Crippen molar-refractivity contribution in [1.29, 1.82) is 0 Å². The summed E-state index contributed by atoms with van der Waals surface area (Å²) in [6, 6.07) is 3.35. The zero-order valence-corrected chi connectivity index (χ0v) is 12.1. The lowest BCUT2D eigenvalue weighted by Gasteiger charge is -2.12. The monoisotopic (exact) mass is 301 g/mol. The third-order valence-electron chi connectivity index (χ3n) is 3.25. The van der Waals surface area contributed by atoms with Crippen LogP contribution >= 0.6 is 0 Å². The van der Waals surface area contributed by atoms with Crippen molar-refractivity contribution in [3.05, 3.63) is 30.4 Å². The fourth-order valence-corrected chi connectivity index (χ4v) is 2.12. The van der Waals surface area contributed by atoms with Crippen molar-refractivity contribution in [2.75, 3.05) is 19.5 Å².